The van der Waals surface area contributed by atoms with Crippen LogP contribution in [0.4, 0.5) is 0 Å². The van der Waals surface area contributed by atoms with E-state index in [4.69, 9.17) is 4.42 Å². The number of para-hydroxylation sites is 4. The second-order valence-electron chi connectivity index (χ2n) is 11.8. The number of hydrogen-bond donors (Lipinski definition) is 0. The molecule has 0 bridgehead atoms. The van der Waals surface area contributed by atoms with Crippen molar-refractivity contribution in [2.24, 2.45) is 0 Å². The molecule has 3 nitrogen and oxygen atoms in total. The molecule has 0 aliphatic rings. The fourth-order valence-electron chi connectivity index (χ4n) is 7.31. The van der Waals surface area contributed by atoms with Crippen LogP contribution in [0.15, 0.2) is 162 Å². The minimum atomic E-state index is 0.914. The van der Waals surface area contributed by atoms with Gasteiger partial charge in [0.15, 0.2) is 0 Å². The van der Waals surface area contributed by atoms with Crippen LogP contribution in [0.5, 0.6) is 0 Å². The fraction of sp³-hybridized carbons (Fsp3) is 0. The Hall–Kier alpha value is -6.06. The van der Waals surface area contributed by atoms with Crippen LogP contribution in [-0.2, 0) is 0 Å². The maximum atomic E-state index is 6.10. The minimum Gasteiger partial charge on any atom is -0.456 e. The van der Waals surface area contributed by atoms with Crippen LogP contribution in [-0.4, -0.2) is 9.13 Å². The highest BCUT2D eigenvalue weighted by molar-refractivity contribution is 6.12. The Balaban J connectivity index is 1.17. The summed E-state index contributed by atoms with van der Waals surface area (Å²) >= 11 is 0. The number of aromatic nitrogens is 2. The fourth-order valence-corrected chi connectivity index (χ4v) is 7.31. The third kappa shape index (κ3) is 3.52. The van der Waals surface area contributed by atoms with Crippen molar-refractivity contribution in [2.75, 3.05) is 0 Å². The average molecular weight is 575 g/mol. The molecule has 0 atom stereocenters. The normalized spacial score (nSPS) is 12.0. The molecular formula is C42H26N2O. The largest absolute Gasteiger partial charge is 0.456 e. The van der Waals surface area contributed by atoms with E-state index in [1.54, 1.807) is 0 Å². The van der Waals surface area contributed by atoms with Gasteiger partial charge in [0.1, 0.15) is 11.2 Å². The molecule has 3 heteroatoms. The lowest BCUT2D eigenvalue weighted by Crippen LogP contribution is -1.96. The van der Waals surface area contributed by atoms with Gasteiger partial charge in [0, 0.05) is 43.7 Å². The number of fused-ring (bicyclic) bond motifs is 9. The van der Waals surface area contributed by atoms with Crippen LogP contribution in [0.3, 0.4) is 0 Å². The molecule has 7 aromatic carbocycles. The molecule has 0 saturated carbocycles. The zero-order valence-electron chi connectivity index (χ0n) is 24.3. The first-order valence-corrected chi connectivity index (χ1v) is 15.4. The summed E-state index contributed by atoms with van der Waals surface area (Å²) in [6.45, 7) is 0. The first kappa shape index (κ1) is 24.4. The molecule has 10 aromatic rings. The van der Waals surface area contributed by atoms with Gasteiger partial charge in [-0.1, -0.05) is 91.0 Å². The Morgan fingerprint density at radius 3 is 1.56 bits per heavy atom. The highest BCUT2D eigenvalue weighted by atomic mass is 16.3. The SMILES string of the molecule is c1cc(-c2ccc3oc4ccccc4c3c2)cc(-n2c3ccccc3c3cc(-n4c5ccccc5c5ccccc54)ccc32)c1. The van der Waals surface area contributed by atoms with Crippen molar-refractivity contribution in [3.63, 3.8) is 0 Å². The predicted octanol–water partition coefficient (Wildman–Crippen LogP) is 11.4. The molecule has 210 valence electrons. The molecular weight excluding hydrogens is 548 g/mol. The number of furan rings is 1. The smallest absolute Gasteiger partial charge is 0.135 e. The van der Waals surface area contributed by atoms with Crippen LogP contribution in [0.25, 0.3) is 88.1 Å². The summed E-state index contributed by atoms with van der Waals surface area (Å²) < 4.78 is 10.9. The maximum Gasteiger partial charge on any atom is 0.135 e. The number of nitrogens with zero attached hydrogens (tertiary/aromatic N) is 2. The van der Waals surface area contributed by atoms with Crippen molar-refractivity contribution < 1.29 is 4.42 Å². The lowest BCUT2D eigenvalue weighted by molar-refractivity contribution is 0.669. The molecule has 0 radical (unpaired) electrons. The zero-order chi connectivity index (χ0) is 29.5. The second kappa shape index (κ2) is 9.22. The second-order valence-corrected chi connectivity index (χ2v) is 11.8. The summed E-state index contributed by atoms with van der Waals surface area (Å²) in [5.41, 5.74) is 11.3. The van der Waals surface area contributed by atoms with E-state index in [0.29, 0.717) is 0 Å². The highest BCUT2D eigenvalue weighted by Crippen LogP contribution is 2.38. The van der Waals surface area contributed by atoms with Crippen LogP contribution in [0.1, 0.15) is 0 Å². The van der Waals surface area contributed by atoms with Crippen molar-refractivity contribution >= 4 is 65.6 Å². The molecule has 0 N–H and O–H groups in total. The molecule has 3 aromatic heterocycles. The van der Waals surface area contributed by atoms with Crippen molar-refractivity contribution in [1.82, 2.24) is 9.13 Å². The van der Waals surface area contributed by atoms with Crippen LogP contribution in [0, 0.1) is 0 Å². The minimum absolute atomic E-state index is 0.914. The van der Waals surface area contributed by atoms with Crippen LogP contribution >= 0.6 is 0 Å². The first-order valence-electron chi connectivity index (χ1n) is 15.4. The summed E-state index contributed by atoms with van der Waals surface area (Å²) in [7, 11) is 0. The van der Waals surface area contributed by atoms with Crippen molar-refractivity contribution in [1.29, 1.82) is 0 Å². The monoisotopic (exact) mass is 574 g/mol. The van der Waals surface area contributed by atoms with E-state index >= 15 is 0 Å². The third-order valence-corrected chi connectivity index (χ3v) is 9.31. The van der Waals surface area contributed by atoms with Gasteiger partial charge in [0.05, 0.1) is 22.1 Å². The molecule has 0 fully saturated rings. The van der Waals surface area contributed by atoms with E-state index in [1.807, 2.05) is 12.1 Å². The molecule has 0 spiro atoms. The van der Waals surface area contributed by atoms with Gasteiger partial charge >= 0.3 is 0 Å². The molecule has 10 rings (SSSR count). The van der Waals surface area contributed by atoms with Gasteiger partial charge in [-0.25, -0.2) is 0 Å². The van der Waals surface area contributed by atoms with Crippen LogP contribution in [0.2, 0.25) is 0 Å². The highest BCUT2D eigenvalue weighted by Gasteiger charge is 2.17. The molecule has 0 amide bonds. The van der Waals surface area contributed by atoms with Crippen LogP contribution < -0.4 is 0 Å². The van der Waals surface area contributed by atoms with Gasteiger partial charge < -0.3 is 13.6 Å². The molecule has 3 heterocycles. The zero-order valence-corrected chi connectivity index (χ0v) is 24.3. The Morgan fingerprint density at radius 1 is 0.311 bits per heavy atom. The van der Waals surface area contributed by atoms with Crippen molar-refractivity contribution in [3.05, 3.63) is 158 Å². The summed E-state index contributed by atoms with van der Waals surface area (Å²) in [6, 6.07) is 56.7. The lowest BCUT2D eigenvalue weighted by atomic mass is 10.0. The topological polar surface area (TPSA) is 23.0 Å². The van der Waals surface area contributed by atoms with Gasteiger partial charge in [-0.15, -0.1) is 0 Å². The van der Waals surface area contributed by atoms with E-state index in [0.717, 1.165) is 33.3 Å². The van der Waals surface area contributed by atoms with E-state index in [2.05, 4.69) is 155 Å². The maximum absolute atomic E-state index is 6.10. The molecule has 0 aliphatic heterocycles. The Bertz CT molecular complexity index is 2720. The van der Waals surface area contributed by atoms with Gasteiger partial charge in [0.25, 0.3) is 0 Å². The standard InChI is InChI=1S/C42H26N2O/c1-5-16-37-31(12-1)32-13-2-6-17-38(32)44(37)30-21-22-40-35(26-30)33-14-3-7-18-39(33)43(40)29-11-9-10-27(24-29)28-20-23-42-36(25-28)34-15-4-8-19-41(34)45-42/h1-26H. The molecule has 45 heavy (non-hydrogen) atoms. The number of benzene rings is 7. The Morgan fingerprint density at radius 2 is 0.844 bits per heavy atom. The van der Waals surface area contributed by atoms with E-state index < -0.39 is 0 Å². The average Bonchev–Trinajstić information content (AvgIpc) is 3.75. The quantitative estimate of drug-likeness (QED) is 0.206. The summed E-state index contributed by atoms with van der Waals surface area (Å²) in [5, 5.41) is 7.31. The van der Waals surface area contributed by atoms with Gasteiger partial charge in [-0.3, -0.25) is 0 Å². The number of rotatable bonds is 3. The molecule has 0 unspecified atom stereocenters. The van der Waals surface area contributed by atoms with Gasteiger partial charge in [-0.05, 0) is 77.9 Å². The van der Waals surface area contributed by atoms with Gasteiger partial charge in [-0.2, -0.15) is 0 Å². The summed E-state index contributed by atoms with van der Waals surface area (Å²) in [6.07, 6.45) is 0. The summed E-state index contributed by atoms with van der Waals surface area (Å²) in [5.74, 6) is 0. The number of hydrogen-bond acceptors (Lipinski definition) is 1. The van der Waals surface area contributed by atoms with Crippen molar-refractivity contribution in [2.45, 2.75) is 0 Å². The van der Waals surface area contributed by atoms with Gasteiger partial charge in [0.2, 0.25) is 0 Å². The Kier molecular flexibility index (Phi) is 5.00. The molecule has 0 saturated heterocycles. The van der Waals surface area contributed by atoms with E-state index in [1.165, 1.54) is 54.7 Å². The summed E-state index contributed by atoms with van der Waals surface area (Å²) in [4.78, 5) is 0. The predicted molar refractivity (Wildman–Crippen MR) is 188 cm³/mol. The third-order valence-electron chi connectivity index (χ3n) is 9.31. The molecule has 0 aliphatic carbocycles. The lowest BCUT2D eigenvalue weighted by Gasteiger charge is -2.12. The first-order chi connectivity index (χ1) is 22.3. The van der Waals surface area contributed by atoms with E-state index in [-0.39, 0.29) is 0 Å². The Labute approximate surface area is 258 Å². The van der Waals surface area contributed by atoms with E-state index in [9.17, 15) is 0 Å². The van der Waals surface area contributed by atoms with Crippen molar-refractivity contribution in [3.8, 4) is 22.5 Å².